The Balaban J connectivity index is 1.54. The monoisotopic (exact) mass is 394 g/mol. The Labute approximate surface area is 164 Å². The number of thioether (sulfide) groups is 1. The highest BCUT2D eigenvalue weighted by Crippen LogP contribution is 2.35. The molecule has 0 aromatic heterocycles. The summed E-state index contributed by atoms with van der Waals surface area (Å²) in [6, 6.07) is 4.03. The van der Waals surface area contributed by atoms with Crippen LogP contribution in [0.15, 0.2) is 12.1 Å². The van der Waals surface area contributed by atoms with E-state index in [9.17, 15) is 4.79 Å². The number of fused-ring (bicyclic) bond motifs is 1. The third-order valence-corrected chi connectivity index (χ3v) is 6.07. The van der Waals surface area contributed by atoms with Crippen LogP contribution >= 0.6 is 24.0 Å². The maximum Gasteiger partial charge on any atom is 0.230 e. The number of carbonyl (C=O) groups is 1. The summed E-state index contributed by atoms with van der Waals surface area (Å²) in [5.74, 6) is 2.05. The first-order valence-electron chi connectivity index (χ1n) is 9.20. The van der Waals surface area contributed by atoms with Gasteiger partial charge in [-0.3, -0.25) is 4.79 Å². The molecule has 142 valence electrons. The molecule has 1 aromatic carbocycles. The van der Waals surface area contributed by atoms with Crippen LogP contribution in [0.5, 0.6) is 11.5 Å². The molecule has 3 rings (SSSR count). The highest BCUT2D eigenvalue weighted by atomic mass is 32.2. The number of thiocarbonyl (C=S) groups is 1. The van der Waals surface area contributed by atoms with Gasteiger partial charge in [-0.05, 0) is 38.8 Å². The molecule has 1 atom stereocenters. The van der Waals surface area contributed by atoms with Crippen molar-refractivity contribution >= 4 is 34.2 Å². The van der Waals surface area contributed by atoms with Crippen LogP contribution < -0.4 is 14.8 Å². The number of rotatable bonds is 6. The molecule has 0 radical (unpaired) electrons. The summed E-state index contributed by atoms with van der Waals surface area (Å²) in [5, 5.41) is 2.97. The summed E-state index contributed by atoms with van der Waals surface area (Å²) in [6.45, 7) is 7.07. The molecule has 2 heterocycles. The van der Waals surface area contributed by atoms with Crippen molar-refractivity contribution in [2.24, 2.45) is 0 Å². The number of carbonyl (C=O) groups excluding carboxylic acids is 1. The van der Waals surface area contributed by atoms with E-state index in [2.05, 4.69) is 17.1 Å². The third kappa shape index (κ3) is 4.82. The number of hydrogen-bond donors (Lipinski definition) is 1. The Morgan fingerprint density at radius 3 is 2.92 bits per heavy atom. The molecule has 2 aliphatic heterocycles. The fraction of sp³-hybridized carbons (Fsp3) is 0.579. The summed E-state index contributed by atoms with van der Waals surface area (Å²) in [5.41, 5.74) is 2.11. The largest absolute Gasteiger partial charge is 0.494 e. The summed E-state index contributed by atoms with van der Waals surface area (Å²) in [7, 11) is 0. The fourth-order valence-electron chi connectivity index (χ4n) is 3.27. The summed E-state index contributed by atoms with van der Waals surface area (Å²) < 4.78 is 12.4. The average molecular weight is 395 g/mol. The van der Waals surface area contributed by atoms with E-state index < -0.39 is 0 Å². The van der Waals surface area contributed by atoms with Crippen molar-refractivity contribution < 1.29 is 14.3 Å². The highest BCUT2D eigenvalue weighted by molar-refractivity contribution is 8.23. The first kappa shape index (κ1) is 19.3. The van der Waals surface area contributed by atoms with Gasteiger partial charge >= 0.3 is 0 Å². The van der Waals surface area contributed by atoms with Crippen LogP contribution in [0, 0.1) is 0 Å². The van der Waals surface area contributed by atoms with Gasteiger partial charge in [-0.1, -0.05) is 24.0 Å². The maximum atomic E-state index is 12.2. The van der Waals surface area contributed by atoms with Crippen LogP contribution in [0.2, 0.25) is 0 Å². The van der Waals surface area contributed by atoms with E-state index in [1.54, 1.807) is 0 Å². The second kappa shape index (κ2) is 8.95. The number of hydrogen-bond acceptors (Lipinski definition) is 5. The molecule has 0 saturated carbocycles. The number of likely N-dealkylation sites (tertiary alicyclic amines) is 1. The molecular formula is C19H26N2O3S2. The second-order valence-electron chi connectivity index (χ2n) is 6.66. The van der Waals surface area contributed by atoms with Gasteiger partial charge in [0.1, 0.15) is 21.9 Å². The van der Waals surface area contributed by atoms with Gasteiger partial charge < -0.3 is 19.7 Å². The molecule has 1 aromatic rings. The minimum absolute atomic E-state index is 0.0196. The highest BCUT2D eigenvalue weighted by Gasteiger charge is 2.22. The quantitative estimate of drug-likeness (QED) is 0.748. The van der Waals surface area contributed by atoms with Crippen molar-refractivity contribution in [1.29, 1.82) is 0 Å². The van der Waals surface area contributed by atoms with Crippen LogP contribution in [-0.2, 0) is 17.8 Å². The van der Waals surface area contributed by atoms with Gasteiger partial charge in [0.2, 0.25) is 5.91 Å². The predicted octanol–water partition coefficient (Wildman–Crippen LogP) is 3.14. The zero-order valence-electron chi connectivity index (χ0n) is 15.4. The van der Waals surface area contributed by atoms with Crippen molar-refractivity contribution in [2.45, 2.75) is 45.8 Å². The first-order chi connectivity index (χ1) is 12.6. The molecule has 0 bridgehead atoms. The van der Waals surface area contributed by atoms with Crippen LogP contribution in [0.1, 0.15) is 37.8 Å². The molecule has 0 spiro atoms. The van der Waals surface area contributed by atoms with E-state index >= 15 is 0 Å². The normalized spacial score (nSPS) is 18.4. The molecule has 26 heavy (non-hydrogen) atoms. The SMILES string of the molecule is CCOc1cc2c(cc1CNC(=O)CSC(=S)N1CCCC1)O[C@H](C)C2. The molecule has 5 nitrogen and oxygen atoms in total. The summed E-state index contributed by atoms with van der Waals surface area (Å²) in [6.07, 6.45) is 3.46. The van der Waals surface area contributed by atoms with Crippen molar-refractivity contribution in [3.63, 3.8) is 0 Å². The summed E-state index contributed by atoms with van der Waals surface area (Å²) >= 11 is 6.84. The lowest BCUT2D eigenvalue weighted by Crippen LogP contribution is -2.28. The molecule has 1 fully saturated rings. The number of benzene rings is 1. The Morgan fingerprint density at radius 2 is 2.19 bits per heavy atom. The molecular weight excluding hydrogens is 368 g/mol. The minimum atomic E-state index is -0.0196. The number of ether oxygens (including phenoxy) is 2. The lowest BCUT2D eigenvalue weighted by molar-refractivity contribution is -0.118. The molecule has 1 amide bonds. The van der Waals surface area contributed by atoms with E-state index in [0.29, 0.717) is 18.9 Å². The third-order valence-electron chi connectivity index (χ3n) is 4.55. The maximum absolute atomic E-state index is 12.2. The topological polar surface area (TPSA) is 50.8 Å². The van der Waals surface area contributed by atoms with Gasteiger partial charge in [-0.15, -0.1) is 0 Å². The van der Waals surface area contributed by atoms with Crippen molar-refractivity contribution in [3.8, 4) is 11.5 Å². The summed E-state index contributed by atoms with van der Waals surface area (Å²) in [4.78, 5) is 14.4. The van der Waals surface area contributed by atoms with Gasteiger partial charge in [0.05, 0.1) is 12.4 Å². The van der Waals surface area contributed by atoms with E-state index in [1.165, 1.54) is 30.2 Å². The van der Waals surface area contributed by atoms with Gasteiger partial charge in [0.25, 0.3) is 0 Å². The number of nitrogens with one attached hydrogen (secondary N) is 1. The molecule has 2 aliphatic rings. The fourth-order valence-corrected chi connectivity index (χ4v) is 4.35. The van der Waals surface area contributed by atoms with Crippen LogP contribution in [0.25, 0.3) is 0 Å². The first-order valence-corrected chi connectivity index (χ1v) is 10.6. The Kier molecular flexibility index (Phi) is 6.64. The zero-order chi connectivity index (χ0) is 18.5. The average Bonchev–Trinajstić information content (AvgIpc) is 3.26. The molecule has 1 saturated heterocycles. The zero-order valence-corrected chi connectivity index (χ0v) is 17.0. The van der Waals surface area contributed by atoms with Gasteiger partial charge in [-0.2, -0.15) is 0 Å². The molecule has 0 aliphatic carbocycles. The van der Waals surface area contributed by atoms with Crippen molar-refractivity contribution in [3.05, 3.63) is 23.3 Å². The minimum Gasteiger partial charge on any atom is -0.494 e. The molecule has 0 unspecified atom stereocenters. The van der Waals surface area contributed by atoms with E-state index in [-0.39, 0.29) is 12.0 Å². The van der Waals surface area contributed by atoms with Gasteiger partial charge in [-0.25, -0.2) is 0 Å². The van der Waals surface area contributed by atoms with Crippen molar-refractivity contribution in [1.82, 2.24) is 10.2 Å². The molecule has 1 N–H and O–H groups in total. The van der Waals surface area contributed by atoms with Crippen LogP contribution in [-0.4, -0.2) is 46.7 Å². The second-order valence-corrected chi connectivity index (χ2v) is 8.27. The van der Waals surface area contributed by atoms with E-state index in [4.69, 9.17) is 21.7 Å². The Bertz CT molecular complexity index is 675. The van der Waals surface area contributed by atoms with E-state index in [0.717, 1.165) is 40.9 Å². The van der Waals surface area contributed by atoms with Gasteiger partial charge in [0, 0.05) is 37.2 Å². The number of amides is 1. The Morgan fingerprint density at radius 1 is 1.42 bits per heavy atom. The van der Waals surface area contributed by atoms with Crippen LogP contribution in [0.3, 0.4) is 0 Å². The number of nitrogens with zero attached hydrogens (tertiary/aromatic N) is 1. The lowest BCUT2D eigenvalue weighted by Gasteiger charge is -2.17. The standard InChI is InChI=1S/C19H26N2O3S2/c1-3-23-16-9-14-8-13(2)24-17(14)10-15(16)11-20-18(22)12-26-19(25)21-6-4-5-7-21/h9-10,13H,3-8,11-12H2,1-2H3,(H,20,22)/t13-/m1/s1. The van der Waals surface area contributed by atoms with E-state index in [1.807, 2.05) is 19.1 Å². The van der Waals surface area contributed by atoms with Crippen LogP contribution in [0.4, 0.5) is 0 Å². The molecule has 7 heteroatoms. The van der Waals surface area contributed by atoms with Crippen molar-refractivity contribution in [2.75, 3.05) is 25.4 Å². The predicted molar refractivity (Wildman–Crippen MR) is 109 cm³/mol. The smallest absolute Gasteiger partial charge is 0.230 e. The lowest BCUT2D eigenvalue weighted by atomic mass is 10.1. The Hall–Kier alpha value is -1.47. The van der Waals surface area contributed by atoms with Gasteiger partial charge in [0.15, 0.2) is 0 Å².